The minimum Gasteiger partial charge on any atom is -0.463 e. The van der Waals surface area contributed by atoms with E-state index in [1.807, 2.05) is 18.4 Å². The van der Waals surface area contributed by atoms with E-state index in [9.17, 15) is 0 Å². The van der Waals surface area contributed by atoms with Crippen LogP contribution in [0.15, 0.2) is 197 Å². The summed E-state index contributed by atoms with van der Waals surface area (Å²) in [7, 11) is 0. The van der Waals surface area contributed by atoms with Crippen molar-refractivity contribution in [1.29, 1.82) is 0 Å². The van der Waals surface area contributed by atoms with Crippen LogP contribution in [0, 0.1) is 0 Å². The second kappa shape index (κ2) is 11.6. The average molecular weight is 702 g/mol. The van der Waals surface area contributed by atoms with Gasteiger partial charge in [0.05, 0.1) is 17.3 Å². The maximum Gasteiger partial charge on any atom is 0.143 e. The van der Waals surface area contributed by atoms with E-state index >= 15 is 0 Å². The predicted molar refractivity (Wildman–Crippen MR) is 229 cm³/mol. The van der Waals surface area contributed by atoms with Gasteiger partial charge in [-0.05, 0) is 74.6 Å². The van der Waals surface area contributed by atoms with Crippen LogP contribution in [0.5, 0.6) is 0 Å². The van der Waals surface area contributed by atoms with Crippen molar-refractivity contribution in [2.45, 2.75) is 0 Å². The summed E-state index contributed by atoms with van der Waals surface area (Å²) in [6.45, 7) is 0. The Morgan fingerprint density at radius 3 is 1.67 bits per heavy atom. The molecule has 9 aromatic carbocycles. The summed E-state index contributed by atoms with van der Waals surface area (Å²) in [5.41, 5.74) is 12.8. The molecule has 0 radical (unpaired) electrons. The number of hydrogen-bond donors (Lipinski definition) is 0. The van der Waals surface area contributed by atoms with E-state index < -0.39 is 0 Å². The van der Waals surface area contributed by atoms with Crippen molar-refractivity contribution >= 4 is 76.3 Å². The first-order valence-electron chi connectivity index (χ1n) is 18.8. The number of fused-ring (bicyclic) bond motifs is 9. The highest BCUT2D eigenvalue weighted by Crippen LogP contribution is 2.51. The van der Waals surface area contributed by atoms with Crippen molar-refractivity contribution in [1.82, 2.24) is 4.57 Å². The molecule has 256 valence electrons. The van der Waals surface area contributed by atoms with Crippen LogP contribution in [-0.4, -0.2) is 4.57 Å². The van der Waals surface area contributed by atoms with E-state index in [2.05, 4.69) is 174 Å². The van der Waals surface area contributed by atoms with Crippen LogP contribution in [0.3, 0.4) is 0 Å². The molecule has 0 aliphatic rings. The van der Waals surface area contributed by atoms with Gasteiger partial charge in [0, 0.05) is 49.3 Å². The van der Waals surface area contributed by atoms with Gasteiger partial charge in [0.25, 0.3) is 0 Å². The molecule has 0 spiro atoms. The summed E-state index contributed by atoms with van der Waals surface area (Å²) in [6, 6.07) is 65.1. The molecule has 0 aliphatic carbocycles. The van der Waals surface area contributed by atoms with Crippen LogP contribution in [0.1, 0.15) is 0 Å². The maximum absolute atomic E-state index is 6.72. The van der Waals surface area contributed by atoms with E-state index in [0.717, 1.165) is 71.6 Å². The Bertz CT molecular complexity index is 3420. The molecule has 3 nitrogen and oxygen atoms in total. The first kappa shape index (κ1) is 30.1. The monoisotopic (exact) mass is 701 g/mol. The summed E-state index contributed by atoms with van der Waals surface area (Å²) in [6.07, 6.45) is 1.91. The third kappa shape index (κ3) is 4.32. The lowest BCUT2D eigenvalue weighted by Gasteiger charge is -2.19. The quantitative estimate of drug-likeness (QED) is 0.171. The molecule has 12 rings (SSSR count). The van der Waals surface area contributed by atoms with Crippen molar-refractivity contribution < 1.29 is 8.83 Å². The Hall–Kier alpha value is -7.36. The van der Waals surface area contributed by atoms with Gasteiger partial charge in [-0.1, -0.05) is 146 Å². The standard InChI is InChI=1S/C52H31NO2/c1-3-15-32(16-4-1)43-31-54-52-42(43)30-47-50(41-24-12-14-26-46(41)55-47)51(52)49-39-22-9-7-20-37(39)48(38-21-8-10-23-40(38)49)33-27-28-36-35-19-11-13-25-44(35)53(45(36)29-33)34-17-5-2-6-18-34/h1-31H. The zero-order valence-corrected chi connectivity index (χ0v) is 29.7. The number of rotatable bonds is 4. The van der Waals surface area contributed by atoms with Gasteiger partial charge in [0.1, 0.15) is 16.7 Å². The van der Waals surface area contributed by atoms with Crippen LogP contribution in [0.25, 0.3) is 115 Å². The van der Waals surface area contributed by atoms with Gasteiger partial charge in [-0.25, -0.2) is 0 Å². The van der Waals surface area contributed by atoms with Crippen molar-refractivity contribution in [3.8, 4) is 39.1 Å². The largest absolute Gasteiger partial charge is 0.463 e. The third-order valence-electron chi connectivity index (χ3n) is 11.4. The zero-order valence-electron chi connectivity index (χ0n) is 29.7. The minimum absolute atomic E-state index is 0.846. The number of hydrogen-bond acceptors (Lipinski definition) is 2. The Labute approximate surface area is 315 Å². The SMILES string of the molecule is c1ccc(-c2coc3c(-c4c5ccccc5c(-c5ccc6c7ccccc7n(-c7ccccc7)c6c5)c5ccccc45)c4c(cc23)oc2ccccc24)cc1. The molecular weight excluding hydrogens is 671 g/mol. The molecule has 0 atom stereocenters. The lowest BCUT2D eigenvalue weighted by atomic mass is 9.84. The molecule has 3 heteroatoms. The highest BCUT2D eigenvalue weighted by Gasteiger charge is 2.26. The summed E-state index contributed by atoms with van der Waals surface area (Å²) in [5.74, 6) is 0. The molecule has 0 N–H and O–H groups in total. The molecule has 0 aliphatic heterocycles. The zero-order chi connectivity index (χ0) is 36.0. The molecule has 0 saturated heterocycles. The number of benzene rings is 9. The van der Waals surface area contributed by atoms with E-state index in [0.29, 0.717) is 0 Å². The predicted octanol–water partition coefficient (Wildman–Crippen LogP) is 14.7. The molecule has 0 fully saturated rings. The fraction of sp³-hybridized carbons (Fsp3) is 0. The van der Waals surface area contributed by atoms with Gasteiger partial charge < -0.3 is 13.4 Å². The average Bonchev–Trinajstić information content (AvgIpc) is 3.94. The molecule has 55 heavy (non-hydrogen) atoms. The van der Waals surface area contributed by atoms with Crippen LogP contribution < -0.4 is 0 Å². The molecule has 0 unspecified atom stereocenters. The Morgan fingerprint density at radius 2 is 0.945 bits per heavy atom. The van der Waals surface area contributed by atoms with Crippen LogP contribution in [0.2, 0.25) is 0 Å². The van der Waals surface area contributed by atoms with E-state index in [1.54, 1.807) is 0 Å². The highest BCUT2D eigenvalue weighted by atomic mass is 16.3. The van der Waals surface area contributed by atoms with Crippen LogP contribution in [0.4, 0.5) is 0 Å². The molecule has 3 aromatic heterocycles. The second-order valence-corrected chi connectivity index (χ2v) is 14.4. The number of aromatic nitrogens is 1. The maximum atomic E-state index is 6.72. The number of nitrogens with zero attached hydrogens (tertiary/aromatic N) is 1. The van der Waals surface area contributed by atoms with Crippen molar-refractivity contribution in [2.75, 3.05) is 0 Å². The lowest BCUT2D eigenvalue weighted by Crippen LogP contribution is -1.94. The molecule has 0 saturated carbocycles. The fourth-order valence-electron chi connectivity index (χ4n) is 9.14. The second-order valence-electron chi connectivity index (χ2n) is 14.4. The van der Waals surface area contributed by atoms with Gasteiger partial charge in [0.15, 0.2) is 0 Å². The van der Waals surface area contributed by atoms with Gasteiger partial charge >= 0.3 is 0 Å². The first-order valence-corrected chi connectivity index (χ1v) is 18.8. The smallest absolute Gasteiger partial charge is 0.143 e. The Kier molecular flexibility index (Phi) is 6.34. The topological polar surface area (TPSA) is 31.2 Å². The summed E-state index contributed by atoms with van der Waals surface area (Å²) in [5, 5.41) is 10.4. The molecule has 12 aromatic rings. The summed E-state index contributed by atoms with van der Waals surface area (Å²) in [4.78, 5) is 0. The van der Waals surface area contributed by atoms with Crippen LogP contribution in [-0.2, 0) is 0 Å². The number of para-hydroxylation sites is 3. The van der Waals surface area contributed by atoms with E-state index in [1.165, 1.54) is 43.7 Å². The van der Waals surface area contributed by atoms with Gasteiger partial charge in [-0.2, -0.15) is 0 Å². The first-order chi connectivity index (χ1) is 27.3. The molecule has 0 bridgehead atoms. The van der Waals surface area contributed by atoms with Gasteiger partial charge in [0.2, 0.25) is 0 Å². The highest BCUT2D eigenvalue weighted by molar-refractivity contribution is 6.30. The Morgan fingerprint density at radius 1 is 0.364 bits per heavy atom. The van der Waals surface area contributed by atoms with E-state index in [-0.39, 0.29) is 0 Å². The third-order valence-corrected chi connectivity index (χ3v) is 11.4. The fourth-order valence-corrected chi connectivity index (χ4v) is 9.14. The van der Waals surface area contributed by atoms with Crippen molar-refractivity contribution in [2.24, 2.45) is 0 Å². The number of furan rings is 2. The molecule has 0 amide bonds. The van der Waals surface area contributed by atoms with Crippen molar-refractivity contribution in [3.05, 3.63) is 188 Å². The normalized spacial score (nSPS) is 12.0. The molecule has 3 heterocycles. The summed E-state index contributed by atoms with van der Waals surface area (Å²) >= 11 is 0. The summed E-state index contributed by atoms with van der Waals surface area (Å²) < 4.78 is 15.8. The van der Waals surface area contributed by atoms with Crippen molar-refractivity contribution in [3.63, 3.8) is 0 Å². The van der Waals surface area contributed by atoms with E-state index in [4.69, 9.17) is 8.83 Å². The van der Waals surface area contributed by atoms with Crippen LogP contribution >= 0.6 is 0 Å². The Balaban J connectivity index is 1.22. The van der Waals surface area contributed by atoms with Gasteiger partial charge in [-0.15, -0.1) is 0 Å². The van der Waals surface area contributed by atoms with Gasteiger partial charge in [-0.3, -0.25) is 0 Å². The lowest BCUT2D eigenvalue weighted by molar-refractivity contribution is 0.618. The molecular formula is C52H31NO2. The minimum atomic E-state index is 0.846.